The maximum atomic E-state index is 12.4. The molecule has 0 bridgehead atoms. The van der Waals surface area contributed by atoms with E-state index in [2.05, 4.69) is 5.16 Å². The molecular weight excluding hydrogens is 270 g/mol. The molecule has 21 heavy (non-hydrogen) atoms. The standard InChI is InChI=1S/C15H21N3O3/c1-10-5-13(16-21-10)9-17(2)15(20)12-6-14(19)18(8-12)7-11-3-4-11/h5,11-12H,3-4,6-9H2,1-2H3. The van der Waals surface area contributed by atoms with Crippen molar-refractivity contribution in [2.24, 2.45) is 11.8 Å². The zero-order valence-electron chi connectivity index (χ0n) is 12.5. The molecule has 0 N–H and O–H groups in total. The van der Waals surface area contributed by atoms with E-state index in [1.165, 1.54) is 12.8 Å². The van der Waals surface area contributed by atoms with Gasteiger partial charge in [0.2, 0.25) is 11.8 Å². The Balaban J connectivity index is 1.55. The monoisotopic (exact) mass is 291 g/mol. The molecule has 2 aliphatic rings. The van der Waals surface area contributed by atoms with Gasteiger partial charge in [0.15, 0.2) is 0 Å². The van der Waals surface area contributed by atoms with Crippen molar-refractivity contribution in [2.75, 3.05) is 20.1 Å². The van der Waals surface area contributed by atoms with Crippen molar-refractivity contribution in [1.82, 2.24) is 15.0 Å². The summed E-state index contributed by atoms with van der Waals surface area (Å²) in [5, 5.41) is 3.90. The summed E-state index contributed by atoms with van der Waals surface area (Å²) in [5.41, 5.74) is 0.738. The number of carbonyl (C=O) groups excluding carboxylic acids is 2. The summed E-state index contributed by atoms with van der Waals surface area (Å²) in [7, 11) is 1.75. The van der Waals surface area contributed by atoms with Crippen LogP contribution in [-0.2, 0) is 16.1 Å². The van der Waals surface area contributed by atoms with Crippen molar-refractivity contribution in [3.63, 3.8) is 0 Å². The molecule has 1 aliphatic heterocycles. The summed E-state index contributed by atoms with van der Waals surface area (Å²) < 4.78 is 5.01. The number of aryl methyl sites for hydroxylation is 1. The third-order valence-electron chi connectivity index (χ3n) is 4.19. The molecule has 1 aliphatic carbocycles. The van der Waals surface area contributed by atoms with Crippen LogP contribution in [0.5, 0.6) is 0 Å². The van der Waals surface area contributed by atoms with E-state index in [9.17, 15) is 9.59 Å². The fourth-order valence-corrected chi connectivity index (χ4v) is 2.85. The first-order chi connectivity index (χ1) is 10.0. The number of rotatable bonds is 5. The minimum Gasteiger partial charge on any atom is -0.361 e. The molecular formula is C15H21N3O3. The number of hydrogen-bond acceptors (Lipinski definition) is 4. The molecule has 6 heteroatoms. The van der Waals surface area contributed by atoms with Gasteiger partial charge in [0.05, 0.1) is 12.5 Å². The molecule has 2 amide bonds. The Hall–Kier alpha value is -1.85. The molecule has 2 fully saturated rings. The van der Waals surface area contributed by atoms with E-state index in [4.69, 9.17) is 4.52 Å². The largest absolute Gasteiger partial charge is 0.361 e. The highest BCUT2D eigenvalue weighted by Crippen LogP contribution is 2.32. The van der Waals surface area contributed by atoms with Gasteiger partial charge >= 0.3 is 0 Å². The van der Waals surface area contributed by atoms with E-state index >= 15 is 0 Å². The molecule has 1 saturated carbocycles. The van der Waals surface area contributed by atoms with Crippen LogP contribution in [0.15, 0.2) is 10.6 Å². The summed E-state index contributed by atoms with van der Waals surface area (Å²) in [6, 6.07) is 1.82. The Kier molecular flexibility index (Phi) is 3.69. The Morgan fingerprint density at radius 2 is 2.29 bits per heavy atom. The lowest BCUT2D eigenvalue weighted by molar-refractivity contribution is -0.135. The van der Waals surface area contributed by atoms with E-state index < -0.39 is 0 Å². The first-order valence-corrected chi connectivity index (χ1v) is 7.48. The van der Waals surface area contributed by atoms with Crippen molar-refractivity contribution in [2.45, 2.75) is 32.7 Å². The SMILES string of the molecule is Cc1cc(CN(C)C(=O)C2CC(=O)N(CC3CC3)C2)no1. The second kappa shape index (κ2) is 5.50. The van der Waals surface area contributed by atoms with Crippen molar-refractivity contribution in [3.05, 3.63) is 17.5 Å². The second-order valence-electron chi connectivity index (χ2n) is 6.27. The predicted molar refractivity (Wildman–Crippen MR) is 75.1 cm³/mol. The highest BCUT2D eigenvalue weighted by atomic mass is 16.5. The van der Waals surface area contributed by atoms with Crippen LogP contribution in [-0.4, -0.2) is 46.9 Å². The van der Waals surface area contributed by atoms with Gasteiger partial charge in [-0.15, -0.1) is 0 Å². The molecule has 1 unspecified atom stereocenters. The van der Waals surface area contributed by atoms with Crippen LogP contribution < -0.4 is 0 Å². The fourth-order valence-electron chi connectivity index (χ4n) is 2.85. The topological polar surface area (TPSA) is 66.7 Å². The van der Waals surface area contributed by atoms with Gasteiger partial charge < -0.3 is 14.3 Å². The van der Waals surface area contributed by atoms with Gasteiger partial charge in [-0.25, -0.2) is 0 Å². The average Bonchev–Trinajstić information content (AvgIpc) is 3.06. The Bertz CT molecular complexity index is 550. The lowest BCUT2D eigenvalue weighted by atomic mass is 10.1. The molecule has 2 heterocycles. The van der Waals surface area contributed by atoms with E-state index in [1.54, 1.807) is 11.9 Å². The van der Waals surface area contributed by atoms with Crippen molar-refractivity contribution in [1.29, 1.82) is 0 Å². The highest BCUT2D eigenvalue weighted by Gasteiger charge is 2.38. The molecule has 6 nitrogen and oxygen atoms in total. The van der Waals surface area contributed by atoms with Crippen LogP contribution in [0.3, 0.4) is 0 Å². The lowest BCUT2D eigenvalue weighted by Gasteiger charge is -2.20. The predicted octanol–water partition coefficient (Wildman–Crippen LogP) is 1.20. The fraction of sp³-hybridized carbons (Fsp3) is 0.667. The van der Waals surface area contributed by atoms with Crippen LogP contribution in [0, 0.1) is 18.8 Å². The van der Waals surface area contributed by atoms with Gasteiger partial charge in [-0.2, -0.15) is 0 Å². The van der Waals surface area contributed by atoms with Crippen LogP contribution in [0.4, 0.5) is 0 Å². The van der Waals surface area contributed by atoms with Crippen molar-refractivity contribution >= 4 is 11.8 Å². The maximum Gasteiger partial charge on any atom is 0.228 e. The average molecular weight is 291 g/mol. The van der Waals surface area contributed by atoms with Gasteiger partial charge in [-0.1, -0.05) is 5.16 Å². The quantitative estimate of drug-likeness (QED) is 0.817. The van der Waals surface area contributed by atoms with E-state index in [-0.39, 0.29) is 17.7 Å². The molecule has 1 aromatic rings. The van der Waals surface area contributed by atoms with E-state index in [0.717, 1.165) is 18.0 Å². The number of carbonyl (C=O) groups is 2. The zero-order valence-corrected chi connectivity index (χ0v) is 12.5. The normalized spacial score (nSPS) is 21.9. The molecule has 0 aromatic carbocycles. The molecule has 1 aromatic heterocycles. The molecule has 3 rings (SSSR count). The van der Waals surface area contributed by atoms with Crippen LogP contribution in [0.2, 0.25) is 0 Å². The van der Waals surface area contributed by atoms with Crippen molar-refractivity contribution in [3.8, 4) is 0 Å². The molecule has 1 saturated heterocycles. The summed E-state index contributed by atoms with van der Waals surface area (Å²) in [6.07, 6.45) is 2.77. The second-order valence-corrected chi connectivity index (χ2v) is 6.27. The minimum absolute atomic E-state index is 0.0160. The van der Waals surface area contributed by atoms with Gasteiger partial charge in [-0.3, -0.25) is 9.59 Å². The number of likely N-dealkylation sites (tertiary alicyclic amines) is 1. The van der Waals surface area contributed by atoms with Gasteiger partial charge in [0, 0.05) is 32.6 Å². The Morgan fingerprint density at radius 3 is 2.90 bits per heavy atom. The smallest absolute Gasteiger partial charge is 0.228 e. The summed E-state index contributed by atoms with van der Waals surface area (Å²) in [5.74, 6) is 1.32. The number of hydrogen-bond donors (Lipinski definition) is 0. The van der Waals surface area contributed by atoms with Gasteiger partial charge in [0.25, 0.3) is 0 Å². The Morgan fingerprint density at radius 1 is 1.52 bits per heavy atom. The van der Waals surface area contributed by atoms with Crippen LogP contribution >= 0.6 is 0 Å². The number of nitrogens with zero attached hydrogens (tertiary/aromatic N) is 3. The zero-order chi connectivity index (χ0) is 15.0. The number of aromatic nitrogens is 1. The molecule has 0 spiro atoms. The van der Waals surface area contributed by atoms with Gasteiger partial charge in [-0.05, 0) is 25.7 Å². The summed E-state index contributed by atoms with van der Waals surface area (Å²) >= 11 is 0. The maximum absolute atomic E-state index is 12.4. The molecule has 1 atom stereocenters. The van der Waals surface area contributed by atoms with E-state index in [0.29, 0.717) is 25.4 Å². The first kappa shape index (κ1) is 14.1. The third kappa shape index (κ3) is 3.25. The first-order valence-electron chi connectivity index (χ1n) is 7.48. The summed E-state index contributed by atoms with van der Waals surface area (Å²) in [6.45, 7) is 3.64. The Labute approximate surface area is 124 Å². The third-order valence-corrected chi connectivity index (χ3v) is 4.19. The van der Waals surface area contributed by atoms with Gasteiger partial charge in [0.1, 0.15) is 11.5 Å². The van der Waals surface area contributed by atoms with Crippen molar-refractivity contribution < 1.29 is 14.1 Å². The highest BCUT2D eigenvalue weighted by molar-refractivity contribution is 5.89. The lowest BCUT2D eigenvalue weighted by Crippen LogP contribution is -2.34. The van der Waals surface area contributed by atoms with Crippen LogP contribution in [0.25, 0.3) is 0 Å². The molecule has 0 radical (unpaired) electrons. The minimum atomic E-state index is -0.214. The molecule has 114 valence electrons. The number of amides is 2. The van der Waals surface area contributed by atoms with E-state index in [1.807, 2.05) is 17.9 Å². The van der Waals surface area contributed by atoms with Crippen LogP contribution in [0.1, 0.15) is 30.7 Å². The summed E-state index contributed by atoms with van der Waals surface area (Å²) in [4.78, 5) is 27.9.